The molecule has 2 aromatic carbocycles. The number of Topliss-reactive ketones (excluding diaryl/α,β-unsaturated/α-hetero) is 1. The highest BCUT2D eigenvalue weighted by molar-refractivity contribution is 6.27. The molecule has 2 aromatic rings. The Bertz CT molecular complexity index is 977. The number of rotatable bonds is 8. The second-order valence-corrected chi connectivity index (χ2v) is 7.81. The average molecular weight is 469 g/mol. The largest absolute Gasteiger partial charge is 0.497 e. The first kappa shape index (κ1) is 26.5. The van der Waals surface area contributed by atoms with Gasteiger partial charge in [-0.05, 0) is 73.8 Å². The van der Waals surface area contributed by atoms with Gasteiger partial charge in [0.25, 0.3) is 0 Å². The molecule has 0 aromatic heterocycles. The third kappa shape index (κ3) is 9.02. The Hall–Kier alpha value is -3.74. The van der Waals surface area contributed by atoms with E-state index >= 15 is 0 Å². The molecule has 3 rings (SSSR count). The van der Waals surface area contributed by atoms with Gasteiger partial charge >= 0.3 is 11.9 Å². The number of piperidine rings is 1. The minimum absolute atomic E-state index is 0.151. The number of carbonyl (C=O) groups excluding carboxylic acids is 1. The SMILES string of the molecule is COc1ccc(C(=O)CN2CCC(COCc3ccc(C#N)cc3)CC2)cc1.O=C(O)C(=O)O. The monoisotopic (exact) mass is 468 g/mol. The molecule has 0 spiro atoms. The minimum Gasteiger partial charge on any atom is -0.497 e. The van der Waals surface area contributed by atoms with E-state index in [0.29, 0.717) is 24.6 Å². The molecule has 34 heavy (non-hydrogen) atoms. The molecule has 1 aliphatic heterocycles. The highest BCUT2D eigenvalue weighted by Crippen LogP contribution is 2.19. The summed E-state index contributed by atoms with van der Waals surface area (Å²) in [5, 5.41) is 23.6. The summed E-state index contributed by atoms with van der Waals surface area (Å²) in [5.74, 6) is -2.20. The van der Waals surface area contributed by atoms with Gasteiger partial charge in [0.2, 0.25) is 0 Å². The van der Waals surface area contributed by atoms with Crippen molar-refractivity contribution in [2.75, 3.05) is 33.4 Å². The summed E-state index contributed by atoms with van der Waals surface area (Å²) >= 11 is 0. The number of ketones is 1. The fourth-order valence-electron chi connectivity index (χ4n) is 3.40. The van der Waals surface area contributed by atoms with Gasteiger partial charge < -0.3 is 19.7 Å². The van der Waals surface area contributed by atoms with Crippen molar-refractivity contribution in [3.8, 4) is 11.8 Å². The number of likely N-dealkylation sites (tertiary alicyclic amines) is 1. The molecule has 1 fully saturated rings. The third-order valence-electron chi connectivity index (χ3n) is 5.37. The predicted molar refractivity (Wildman–Crippen MR) is 123 cm³/mol. The summed E-state index contributed by atoms with van der Waals surface area (Å²) in [7, 11) is 1.62. The molecule has 0 aliphatic carbocycles. The molecule has 1 saturated heterocycles. The zero-order valence-corrected chi connectivity index (χ0v) is 19.0. The van der Waals surface area contributed by atoms with E-state index in [2.05, 4.69) is 11.0 Å². The maximum Gasteiger partial charge on any atom is 0.414 e. The number of nitriles is 1. The van der Waals surface area contributed by atoms with E-state index in [4.69, 9.17) is 34.5 Å². The molecule has 0 radical (unpaired) electrons. The lowest BCUT2D eigenvalue weighted by Gasteiger charge is -2.31. The quantitative estimate of drug-likeness (QED) is 0.442. The van der Waals surface area contributed by atoms with Crippen molar-refractivity contribution < 1.29 is 34.1 Å². The van der Waals surface area contributed by atoms with Crippen LogP contribution in [-0.4, -0.2) is 66.2 Å². The zero-order valence-electron chi connectivity index (χ0n) is 19.0. The van der Waals surface area contributed by atoms with E-state index in [1.807, 2.05) is 48.5 Å². The maximum atomic E-state index is 12.4. The van der Waals surface area contributed by atoms with E-state index in [0.717, 1.165) is 49.4 Å². The van der Waals surface area contributed by atoms with E-state index < -0.39 is 11.9 Å². The minimum atomic E-state index is -1.82. The lowest BCUT2D eigenvalue weighted by Crippen LogP contribution is -2.38. The number of aliphatic carboxylic acids is 2. The van der Waals surface area contributed by atoms with Crippen molar-refractivity contribution in [1.29, 1.82) is 5.26 Å². The molecule has 180 valence electrons. The number of carbonyl (C=O) groups is 3. The Morgan fingerprint density at radius 2 is 1.59 bits per heavy atom. The molecular formula is C25H28N2O7. The van der Waals surface area contributed by atoms with Gasteiger partial charge in [0.1, 0.15) is 5.75 Å². The lowest BCUT2D eigenvalue weighted by atomic mass is 9.97. The summed E-state index contributed by atoms with van der Waals surface area (Å²) in [6, 6.07) is 16.9. The zero-order chi connectivity index (χ0) is 24.9. The van der Waals surface area contributed by atoms with Crippen LogP contribution in [-0.2, 0) is 20.9 Å². The standard InChI is InChI=1S/C23H26N2O3.C2H2O4/c1-27-22-8-6-21(7-9-22)23(26)15-25-12-10-20(11-13-25)17-28-16-19-4-2-18(14-24)3-5-19;3-1(4)2(5)6/h2-9,20H,10-13,15-17H2,1H3;(H,3,4)(H,5,6). The number of carboxylic acid groups (broad SMARTS) is 2. The van der Waals surface area contributed by atoms with E-state index in [-0.39, 0.29) is 5.78 Å². The van der Waals surface area contributed by atoms with Gasteiger partial charge in [-0.15, -0.1) is 0 Å². The van der Waals surface area contributed by atoms with Crippen LogP contribution < -0.4 is 4.74 Å². The van der Waals surface area contributed by atoms with Crippen LogP contribution in [0.4, 0.5) is 0 Å². The van der Waals surface area contributed by atoms with Crippen molar-refractivity contribution >= 4 is 17.7 Å². The first-order valence-electron chi connectivity index (χ1n) is 10.7. The number of benzene rings is 2. The second-order valence-electron chi connectivity index (χ2n) is 7.81. The molecule has 1 heterocycles. The van der Waals surface area contributed by atoms with Gasteiger partial charge in [0, 0.05) is 12.2 Å². The number of ether oxygens (including phenoxy) is 2. The highest BCUT2D eigenvalue weighted by atomic mass is 16.5. The Kier molecular flexibility index (Phi) is 10.7. The van der Waals surface area contributed by atoms with Crippen LogP contribution in [0.15, 0.2) is 48.5 Å². The van der Waals surface area contributed by atoms with Gasteiger partial charge in [-0.2, -0.15) is 5.26 Å². The van der Waals surface area contributed by atoms with Crippen LogP contribution in [0.1, 0.15) is 34.3 Å². The summed E-state index contributed by atoms with van der Waals surface area (Å²) < 4.78 is 11.0. The Morgan fingerprint density at radius 1 is 1.00 bits per heavy atom. The molecule has 2 N–H and O–H groups in total. The van der Waals surface area contributed by atoms with Crippen LogP contribution in [0, 0.1) is 17.2 Å². The Balaban J connectivity index is 0.000000604. The molecule has 0 unspecified atom stereocenters. The smallest absolute Gasteiger partial charge is 0.414 e. The van der Waals surface area contributed by atoms with E-state index in [1.54, 1.807) is 7.11 Å². The fraction of sp³-hybridized carbons (Fsp3) is 0.360. The van der Waals surface area contributed by atoms with E-state index in [1.165, 1.54) is 0 Å². The van der Waals surface area contributed by atoms with Crippen LogP contribution in [0.3, 0.4) is 0 Å². The first-order chi connectivity index (χ1) is 16.3. The maximum absolute atomic E-state index is 12.4. The summed E-state index contributed by atoms with van der Waals surface area (Å²) in [6.45, 7) is 3.62. The van der Waals surface area contributed by atoms with Crippen molar-refractivity contribution in [2.24, 2.45) is 5.92 Å². The van der Waals surface area contributed by atoms with Crippen LogP contribution in [0.25, 0.3) is 0 Å². The van der Waals surface area contributed by atoms with Crippen molar-refractivity contribution in [1.82, 2.24) is 4.90 Å². The predicted octanol–water partition coefficient (Wildman–Crippen LogP) is 2.83. The molecule has 0 atom stereocenters. The lowest BCUT2D eigenvalue weighted by molar-refractivity contribution is -0.159. The number of hydrogen-bond donors (Lipinski definition) is 2. The van der Waals surface area contributed by atoms with Gasteiger partial charge in [-0.25, -0.2) is 9.59 Å². The summed E-state index contributed by atoms with van der Waals surface area (Å²) in [6.07, 6.45) is 2.09. The van der Waals surface area contributed by atoms with Gasteiger partial charge in [-0.1, -0.05) is 12.1 Å². The average Bonchev–Trinajstić information content (AvgIpc) is 2.86. The molecule has 1 aliphatic rings. The molecule has 0 saturated carbocycles. The molecule has 9 nitrogen and oxygen atoms in total. The van der Waals surface area contributed by atoms with Crippen LogP contribution >= 0.6 is 0 Å². The van der Waals surface area contributed by atoms with Crippen molar-refractivity contribution in [3.05, 3.63) is 65.2 Å². The number of methoxy groups -OCH3 is 1. The summed E-state index contributed by atoms with van der Waals surface area (Å²) in [4.78, 5) is 32.9. The van der Waals surface area contributed by atoms with Crippen molar-refractivity contribution in [2.45, 2.75) is 19.4 Å². The molecular weight excluding hydrogens is 440 g/mol. The summed E-state index contributed by atoms with van der Waals surface area (Å²) in [5.41, 5.74) is 2.48. The highest BCUT2D eigenvalue weighted by Gasteiger charge is 2.21. The topological polar surface area (TPSA) is 137 Å². The van der Waals surface area contributed by atoms with Gasteiger partial charge in [0.15, 0.2) is 5.78 Å². The fourth-order valence-corrected chi connectivity index (χ4v) is 3.40. The molecule has 0 bridgehead atoms. The first-order valence-corrected chi connectivity index (χ1v) is 10.7. The Labute approximate surface area is 198 Å². The Morgan fingerprint density at radius 3 is 2.09 bits per heavy atom. The normalized spacial score (nSPS) is 13.8. The van der Waals surface area contributed by atoms with E-state index in [9.17, 15) is 4.79 Å². The molecule has 9 heteroatoms. The van der Waals surface area contributed by atoms with Crippen LogP contribution in [0.5, 0.6) is 5.75 Å². The number of carboxylic acids is 2. The van der Waals surface area contributed by atoms with Gasteiger partial charge in [-0.3, -0.25) is 9.69 Å². The second kappa shape index (κ2) is 13.7. The molecule has 0 amide bonds. The number of nitrogens with zero attached hydrogens (tertiary/aromatic N) is 2. The van der Waals surface area contributed by atoms with Gasteiger partial charge in [0.05, 0.1) is 31.9 Å². The third-order valence-corrected chi connectivity index (χ3v) is 5.37. The number of hydrogen-bond acceptors (Lipinski definition) is 7. The van der Waals surface area contributed by atoms with Crippen molar-refractivity contribution in [3.63, 3.8) is 0 Å². The van der Waals surface area contributed by atoms with Crippen LogP contribution in [0.2, 0.25) is 0 Å².